The van der Waals surface area contributed by atoms with Gasteiger partial charge in [-0.1, -0.05) is 98.9 Å². The molecule has 19 atom stereocenters. The highest BCUT2D eigenvalue weighted by molar-refractivity contribution is 5.80. The lowest BCUT2D eigenvalue weighted by Gasteiger charge is -2.46. The number of nitrogens with two attached hydrogens (primary N) is 2. The van der Waals surface area contributed by atoms with Crippen molar-refractivity contribution in [2.75, 3.05) is 13.1 Å². The van der Waals surface area contributed by atoms with Crippen LogP contribution >= 0.6 is 0 Å². The van der Waals surface area contributed by atoms with Crippen molar-refractivity contribution in [2.24, 2.45) is 29.2 Å². The van der Waals surface area contributed by atoms with Crippen molar-refractivity contribution in [3.8, 4) is 0 Å². The van der Waals surface area contributed by atoms with Crippen molar-refractivity contribution in [3.05, 3.63) is 85.1 Å². The first-order valence-corrected chi connectivity index (χ1v) is 23.6. The summed E-state index contributed by atoms with van der Waals surface area (Å²) in [5.41, 5.74) is 11.7. The molecule has 3 aliphatic heterocycles. The lowest BCUT2D eigenvalue weighted by Crippen LogP contribution is -2.62. The minimum Gasteiger partial charge on any atom is -0.462 e. The third kappa shape index (κ3) is 19.7. The maximum atomic E-state index is 13.5. The lowest BCUT2D eigenvalue weighted by atomic mass is 9.82. The second-order valence-corrected chi connectivity index (χ2v) is 18.3. The Hall–Kier alpha value is -3.48. The molecule has 386 valence electrons. The van der Waals surface area contributed by atoms with Crippen molar-refractivity contribution in [1.29, 1.82) is 0 Å². The minimum absolute atomic E-state index is 0.0628. The van der Waals surface area contributed by atoms with Crippen molar-refractivity contribution in [2.45, 2.75) is 177 Å². The van der Waals surface area contributed by atoms with E-state index in [1.807, 2.05) is 37.3 Å². The first-order chi connectivity index (χ1) is 32.2. The Kier molecular flexibility index (Phi) is 25.6. The highest BCUT2D eigenvalue weighted by Gasteiger charge is 2.51. The number of cyclic esters (lactones) is 1. The fourth-order valence-corrected chi connectivity index (χ4v) is 8.30. The van der Waals surface area contributed by atoms with Gasteiger partial charge in [-0.2, -0.15) is 0 Å². The summed E-state index contributed by atoms with van der Waals surface area (Å²) in [5.74, 6) is -5.65. The number of ether oxygens (including phenoxy) is 4. The fraction of sp³-hybridized carbons (Fsp3) is 0.673. The van der Waals surface area contributed by atoms with Crippen LogP contribution in [0.4, 0.5) is 0 Å². The summed E-state index contributed by atoms with van der Waals surface area (Å²) in [6.45, 7) is 6.94. The van der Waals surface area contributed by atoms with Crippen LogP contribution in [-0.2, 0) is 28.5 Å². The summed E-state index contributed by atoms with van der Waals surface area (Å²) in [7, 11) is 0. The zero-order valence-corrected chi connectivity index (χ0v) is 39.6. The average molecular weight is 966 g/mol. The van der Waals surface area contributed by atoms with Crippen LogP contribution in [0.1, 0.15) is 79.1 Å². The van der Waals surface area contributed by atoms with E-state index in [0.717, 1.165) is 0 Å². The zero-order valence-electron chi connectivity index (χ0n) is 39.6. The minimum atomic E-state index is -2.27. The van der Waals surface area contributed by atoms with Crippen LogP contribution in [-0.4, -0.2) is 174 Å². The van der Waals surface area contributed by atoms with Crippen LogP contribution in [0.5, 0.6) is 0 Å². The van der Waals surface area contributed by atoms with Crippen molar-refractivity contribution in [3.63, 3.8) is 0 Å². The second kappa shape index (κ2) is 29.6. The van der Waals surface area contributed by atoms with Gasteiger partial charge in [0.1, 0.15) is 12.2 Å². The molecule has 0 spiro atoms. The largest absolute Gasteiger partial charge is 0.462 e. The molecule has 0 aromatic rings. The highest BCUT2D eigenvalue weighted by atomic mass is 16.7. The fourth-order valence-electron chi connectivity index (χ4n) is 8.30. The van der Waals surface area contributed by atoms with Crippen LogP contribution in [0.3, 0.4) is 0 Å². The molecule has 68 heavy (non-hydrogen) atoms. The number of hydrogen-bond donors (Lipinski definition) is 13. The van der Waals surface area contributed by atoms with Gasteiger partial charge in [-0.05, 0) is 33.1 Å². The van der Waals surface area contributed by atoms with Gasteiger partial charge in [0, 0.05) is 50.6 Å². The van der Waals surface area contributed by atoms with Gasteiger partial charge in [-0.25, -0.2) is 0 Å². The van der Waals surface area contributed by atoms with E-state index in [9.17, 15) is 60.7 Å². The predicted octanol–water partition coefficient (Wildman–Crippen LogP) is -0.298. The Labute approximate surface area is 399 Å². The van der Waals surface area contributed by atoms with Gasteiger partial charge in [0.05, 0.1) is 85.5 Å². The van der Waals surface area contributed by atoms with Gasteiger partial charge in [-0.15, -0.1) is 0 Å². The van der Waals surface area contributed by atoms with E-state index in [-0.39, 0.29) is 44.7 Å². The van der Waals surface area contributed by atoms with E-state index in [1.54, 1.807) is 75.5 Å². The molecule has 0 aromatic carbocycles. The molecule has 2 bridgehead atoms. The van der Waals surface area contributed by atoms with E-state index in [0.29, 0.717) is 0 Å². The van der Waals surface area contributed by atoms with E-state index < -0.39 is 147 Å². The van der Waals surface area contributed by atoms with Crippen LogP contribution < -0.4 is 16.8 Å². The third-order valence-corrected chi connectivity index (χ3v) is 12.5. The summed E-state index contributed by atoms with van der Waals surface area (Å²) < 4.78 is 23.6. The molecule has 0 aliphatic carbocycles. The summed E-state index contributed by atoms with van der Waals surface area (Å²) in [5, 5.41) is 112. The lowest BCUT2D eigenvalue weighted by molar-refractivity contribution is -0.307. The van der Waals surface area contributed by atoms with E-state index in [2.05, 4.69) is 5.32 Å². The van der Waals surface area contributed by atoms with Gasteiger partial charge < -0.3 is 86.8 Å². The number of fused-ring (bicyclic) bond motifs is 2. The number of carbonyl (C=O) groups is 2. The van der Waals surface area contributed by atoms with Crippen LogP contribution in [0.2, 0.25) is 0 Å². The molecule has 2 saturated heterocycles. The molecule has 19 heteroatoms. The smallest absolute Gasteiger partial charge is 0.308 e. The van der Waals surface area contributed by atoms with Gasteiger partial charge >= 0.3 is 5.97 Å². The van der Waals surface area contributed by atoms with E-state index in [1.165, 1.54) is 0 Å². The number of esters is 1. The summed E-state index contributed by atoms with van der Waals surface area (Å²) in [6.07, 6.45) is 4.61. The number of hydrogen-bond acceptors (Lipinski definition) is 18. The Morgan fingerprint density at radius 2 is 1.29 bits per heavy atom. The molecular formula is C49H79N3O16. The monoisotopic (exact) mass is 966 g/mol. The van der Waals surface area contributed by atoms with Crippen LogP contribution in [0, 0.1) is 17.8 Å². The molecule has 0 radical (unpaired) electrons. The van der Waals surface area contributed by atoms with Crippen molar-refractivity contribution < 1.29 is 79.6 Å². The first-order valence-electron chi connectivity index (χ1n) is 23.6. The maximum absolute atomic E-state index is 13.5. The molecule has 15 N–H and O–H groups in total. The van der Waals surface area contributed by atoms with Crippen molar-refractivity contribution in [1.82, 2.24) is 5.32 Å². The first kappa shape index (κ1) is 58.8. The van der Waals surface area contributed by atoms with Gasteiger partial charge in [0.15, 0.2) is 12.1 Å². The molecule has 6 unspecified atom stereocenters. The normalized spacial score (nSPS) is 44.0. The molecule has 19 nitrogen and oxygen atoms in total. The van der Waals surface area contributed by atoms with Gasteiger partial charge in [0.25, 0.3) is 0 Å². The Bertz CT molecular complexity index is 1730. The standard InChI is InChI=1S/C49H79N3O16/c1-29-17-15-13-11-9-7-5-6-8-10-12-14-16-18-36(67-48-46(62)43(51)45(61)32(4)66-48)26-40-42(47(63)52-22-21-50)39(58)28-49(64,68-40)27-35(55)24-38(57)37(56)20-19-33(53)23-34(54)25-41(59)65-31(3)30(2)44(29)60/h5-18,29-40,42-46,48,53-58,60-62,64H,19-28,50-51H2,1-4H3,(H,52,63)/b6-5+,9-7+,10-8+,13-11+,14-12+,17-15+,18-16+/t29-,30-,31-,32?,33?,34+,35-,36-,37+,38+,39-,40-,42+,43?,44+,45?,46?,48?,49+/m0/s1. The number of amides is 1. The maximum Gasteiger partial charge on any atom is 0.308 e. The summed E-state index contributed by atoms with van der Waals surface area (Å²) in [4.78, 5) is 26.2. The molecule has 3 aliphatic rings. The molecule has 3 rings (SSSR count). The Morgan fingerprint density at radius 1 is 0.706 bits per heavy atom. The molecule has 3 heterocycles. The Balaban J connectivity index is 1.91. The average Bonchev–Trinajstić information content (AvgIpc) is 3.26. The predicted molar refractivity (Wildman–Crippen MR) is 251 cm³/mol. The molecule has 1 amide bonds. The van der Waals surface area contributed by atoms with E-state index in [4.69, 9.17) is 30.4 Å². The number of carbonyl (C=O) groups excluding carboxylic acids is 2. The SMILES string of the molecule is CC1OC(O[C@H]2/C=C/C=C/C=C/C=C/C=C/C=C/C=C/[C@H](C)[C@@H](O)[C@@H](C)[C@H](C)OC(=O)C[C@H](O)CC(O)CC[C@@H](O)[C@H](O)C[C@H](O)C[C@]3(O)C[C@H](O)[C@@H](C(=O)NCCN)[C@H](C2)O3)C(O)C(N)C1O. The molecule has 0 aromatic heterocycles. The molecular weight excluding hydrogens is 887 g/mol. The van der Waals surface area contributed by atoms with Crippen LogP contribution in [0.15, 0.2) is 85.1 Å². The van der Waals surface area contributed by atoms with Crippen molar-refractivity contribution >= 4 is 11.9 Å². The third-order valence-electron chi connectivity index (χ3n) is 12.5. The van der Waals surface area contributed by atoms with Gasteiger partial charge in [0.2, 0.25) is 5.91 Å². The summed E-state index contributed by atoms with van der Waals surface area (Å²) >= 11 is 0. The van der Waals surface area contributed by atoms with E-state index >= 15 is 0 Å². The second-order valence-electron chi connectivity index (χ2n) is 18.3. The number of aliphatic hydroxyl groups is 10. The van der Waals surface area contributed by atoms with Crippen LogP contribution in [0.25, 0.3) is 0 Å². The summed E-state index contributed by atoms with van der Waals surface area (Å²) in [6, 6.07) is -1.13. The number of nitrogens with one attached hydrogen (secondary N) is 1. The molecule has 0 saturated carbocycles. The quantitative estimate of drug-likeness (QED) is 0.157. The number of aliphatic hydroxyl groups excluding tert-OH is 9. The number of allylic oxidation sites excluding steroid dienone is 12. The highest BCUT2D eigenvalue weighted by Crippen LogP contribution is 2.38. The number of rotatable bonds is 5. The Morgan fingerprint density at radius 3 is 1.90 bits per heavy atom. The van der Waals surface area contributed by atoms with Gasteiger partial charge in [-0.3, -0.25) is 9.59 Å². The molecule has 2 fully saturated rings. The zero-order chi connectivity index (χ0) is 50.6. The topological polar surface area (TPSA) is 337 Å².